The number of hydrogen-bond acceptors (Lipinski definition) is 4. The first-order valence-corrected chi connectivity index (χ1v) is 12.4. The van der Waals surface area contributed by atoms with Crippen LogP contribution >= 0.6 is 0 Å². The van der Waals surface area contributed by atoms with Crippen LogP contribution in [0.15, 0.2) is 23.0 Å². The minimum Gasteiger partial charge on any atom is -0.497 e. The van der Waals surface area contributed by atoms with Crippen molar-refractivity contribution in [2.24, 2.45) is 40.4 Å². The largest absolute Gasteiger partial charge is 0.497 e. The molecule has 4 aliphatic carbocycles. The molecule has 4 heteroatoms. The normalized spacial score (nSPS) is 42.8. The standard InChI is InChI=1S/C27H42O4/c1-16-11-12-26(3)21-15-24(28)27(4)19(17(2)7-10-25(29)31-6)8-9-20(27)18(21)14-23(30-5)22(26)13-16/h14,16-17,19-21,24,28H,7-13,15H2,1-6H3/t16-,17+,19?,20?,21-,24-,26+,27?/m0/s1. The van der Waals surface area contributed by atoms with E-state index < -0.39 is 0 Å². The average molecular weight is 431 g/mol. The molecule has 0 bridgehead atoms. The second-order valence-electron chi connectivity index (χ2n) is 11.5. The molecule has 31 heavy (non-hydrogen) atoms. The third kappa shape index (κ3) is 3.48. The van der Waals surface area contributed by atoms with Gasteiger partial charge < -0.3 is 14.6 Å². The molecule has 8 atom stereocenters. The maximum atomic E-state index is 11.7. The lowest BCUT2D eigenvalue weighted by atomic mass is 9.48. The Kier molecular flexibility index (Phi) is 6.09. The van der Waals surface area contributed by atoms with Gasteiger partial charge in [0, 0.05) is 11.8 Å². The minimum atomic E-state index is -0.297. The summed E-state index contributed by atoms with van der Waals surface area (Å²) in [6.45, 7) is 9.37. The van der Waals surface area contributed by atoms with Gasteiger partial charge in [-0.15, -0.1) is 0 Å². The van der Waals surface area contributed by atoms with Crippen molar-refractivity contribution in [1.29, 1.82) is 0 Å². The lowest BCUT2D eigenvalue weighted by Gasteiger charge is -2.57. The van der Waals surface area contributed by atoms with E-state index in [1.54, 1.807) is 0 Å². The van der Waals surface area contributed by atoms with Gasteiger partial charge in [0.05, 0.1) is 20.3 Å². The van der Waals surface area contributed by atoms with E-state index in [1.807, 2.05) is 7.11 Å². The predicted molar refractivity (Wildman–Crippen MR) is 122 cm³/mol. The first-order chi connectivity index (χ1) is 14.7. The third-order valence-electron chi connectivity index (χ3n) is 10.00. The molecule has 4 aliphatic rings. The average Bonchev–Trinajstić information content (AvgIpc) is 3.11. The number of aliphatic hydroxyl groups is 1. The Morgan fingerprint density at radius 2 is 1.97 bits per heavy atom. The van der Waals surface area contributed by atoms with Gasteiger partial charge in [-0.05, 0) is 91.6 Å². The maximum absolute atomic E-state index is 11.7. The molecule has 174 valence electrons. The summed E-state index contributed by atoms with van der Waals surface area (Å²) in [5.41, 5.74) is 3.00. The van der Waals surface area contributed by atoms with Gasteiger partial charge in [-0.3, -0.25) is 4.79 Å². The number of fused-ring (bicyclic) bond motifs is 5. The van der Waals surface area contributed by atoms with Crippen LogP contribution in [0.3, 0.4) is 0 Å². The number of carbonyl (C=O) groups excluding carboxylic acids is 1. The van der Waals surface area contributed by atoms with Crippen molar-refractivity contribution in [2.75, 3.05) is 14.2 Å². The Hall–Kier alpha value is -1.29. The Labute approximate surface area is 188 Å². The number of ether oxygens (including phenoxy) is 2. The molecule has 4 nitrogen and oxygen atoms in total. The van der Waals surface area contributed by atoms with Crippen LogP contribution < -0.4 is 0 Å². The fourth-order valence-corrected chi connectivity index (χ4v) is 8.03. The molecule has 0 spiro atoms. The molecule has 4 rings (SSSR count). The van der Waals surface area contributed by atoms with Crippen molar-refractivity contribution >= 4 is 5.97 Å². The number of allylic oxidation sites excluding steroid dienone is 3. The maximum Gasteiger partial charge on any atom is 0.305 e. The summed E-state index contributed by atoms with van der Waals surface area (Å²) in [4.78, 5) is 11.7. The van der Waals surface area contributed by atoms with Crippen molar-refractivity contribution in [1.82, 2.24) is 0 Å². The number of hydrogen-bond donors (Lipinski definition) is 1. The molecule has 0 heterocycles. The molecule has 0 radical (unpaired) electrons. The van der Waals surface area contributed by atoms with Crippen LogP contribution in [0.25, 0.3) is 0 Å². The lowest BCUT2D eigenvalue weighted by molar-refractivity contribution is -0.141. The van der Waals surface area contributed by atoms with Crippen molar-refractivity contribution < 1.29 is 19.4 Å². The van der Waals surface area contributed by atoms with Crippen LogP contribution in [-0.2, 0) is 14.3 Å². The highest BCUT2D eigenvalue weighted by molar-refractivity contribution is 5.69. The fourth-order valence-electron chi connectivity index (χ4n) is 8.03. The summed E-state index contributed by atoms with van der Waals surface area (Å²) in [5.74, 6) is 3.31. The first-order valence-electron chi connectivity index (χ1n) is 12.4. The number of carbonyl (C=O) groups is 1. The molecule has 0 aromatic heterocycles. The lowest BCUT2D eigenvalue weighted by Crippen LogP contribution is -2.53. The minimum absolute atomic E-state index is 0.110. The molecule has 3 unspecified atom stereocenters. The number of esters is 1. The highest BCUT2D eigenvalue weighted by atomic mass is 16.5. The Bertz CT molecular complexity index is 782. The zero-order valence-corrected chi connectivity index (χ0v) is 20.4. The Morgan fingerprint density at radius 3 is 2.65 bits per heavy atom. The van der Waals surface area contributed by atoms with E-state index in [0.717, 1.165) is 37.9 Å². The highest BCUT2D eigenvalue weighted by Crippen LogP contribution is 2.67. The summed E-state index contributed by atoms with van der Waals surface area (Å²) in [6.07, 6.45) is 10.0. The second kappa shape index (κ2) is 8.24. The smallest absolute Gasteiger partial charge is 0.305 e. The van der Waals surface area contributed by atoms with E-state index in [4.69, 9.17) is 9.47 Å². The van der Waals surface area contributed by atoms with Gasteiger partial charge >= 0.3 is 5.97 Å². The Balaban J connectivity index is 1.67. The molecular weight excluding hydrogens is 388 g/mol. The van der Waals surface area contributed by atoms with Crippen molar-refractivity contribution in [3.63, 3.8) is 0 Å². The molecule has 3 fully saturated rings. The molecule has 0 aromatic rings. The molecule has 0 saturated heterocycles. The van der Waals surface area contributed by atoms with Gasteiger partial charge in [0.15, 0.2) is 0 Å². The SMILES string of the molecule is COC(=O)CC[C@@H](C)C1CCC2C3=CC(OC)=C4C[C@@H](C)CC[C@]4(C)[C@H]3C[C@H](O)C21C. The summed E-state index contributed by atoms with van der Waals surface area (Å²) in [5, 5.41) is 11.6. The molecule has 0 amide bonds. The summed E-state index contributed by atoms with van der Waals surface area (Å²) in [7, 11) is 3.28. The molecular formula is C27H42O4. The van der Waals surface area contributed by atoms with Crippen molar-refractivity contribution in [3.8, 4) is 0 Å². The van der Waals surface area contributed by atoms with Gasteiger partial charge in [0.1, 0.15) is 5.76 Å². The van der Waals surface area contributed by atoms with Crippen LogP contribution in [0, 0.1) is 40.4 Å². The van der Waals surface area contributed by atoms with Gasteiger partial charge in [-0.25, -0.2) is 0 Å². The van der Waals surface area contributed by atoms with Crippen LogP contribution in [0.1, 0.15) is 79.1 Å². The number of rotatable bonds is 5. The zero-order valence-electron chi connectivity index (χ0n) is 20.4. The number of methoxy groups -OCH3 is 2. The Morgan fingerprint density at radius 1 is 1.23 bits per heavy atom. The summed E-state index contributed by atoms with van der Waals surface area (Å²) >= 11 is 0. The van der Waals surface area contributed by atoms with Crippen LogP contribution in [-0.4, -0.2) is 31.4 Å². The highest BCUT2D eigenvalue weighted by Gasteiger charge is 2.61. The summed E-state index contributed by atoms with van der Waals surface area (Å²) in [6, 6.07) is 0. The van der Waals surface area contributed by atoms with Crippen molar-refractivity contribution in [2.45, 2.75) is 85.2 Å². The predicted octanol–water partition coefficient (Wildman–Crippen LogP) is 5.66. The van der Waals surface area contributed by atoms with E-state index in [0.29, 0.717) is 36.0 Å². The topological polar surface area (TPSA) is 55.8 Å². The van der Waals surface area contributed by atoms with Crippen LogP contribution in [0.4, 0.5) is 0 Å². The van der Waals surface area contributed by atoms with E-state index in [1.165, 1.54) is 31.1 Å². The molecule has 0 aliphatic heterocycles. The number of aliphatic hydroxyl groups excluding tert-OH is 1. The monoisotopic (exact) mass is 430 g/mol. The van der Waals surface area contributed by atoms with Crippen molar-refractivity contribution in [3.05, 3.63) is 23.0 Å². The van der Waals surface area contributed by atoms with Gasteiger partial charge in [-0.2, -0.15) is 0 Å². The van der Waals surface area contributed by atoms with Gasteiger partial charge in [0.2, 0.25) is 0 Å². The third-order valence-corrected chi connectivity index (χ3v) is 10.00. The van der Waals surface area contributed by atoms with E-state index >= 15 is 0 Å². The molecule has 0 aromatic carbocycles. The molecule has 1 N–H and O–H groups in total. The summed E-state index contributed by atoms with van der Waals surface area (Å²) < 4.78 is 10.8. The van der Waals surface area contributed by atoms with Crippen LogP contribution in [0.2, 0.25) is 0 Å². The van der Waals surface area contributed by atoms with Gasteiger partial charge in [-0.1, -0.05) is 33.3 Å². The van der Waals surface area contributed by atoms with Gasteiger partial charge in [0.25, 0.3) is 0 Å². The van der Waals surface area contributed by atoms with E-state index in [-0.39, 0.29) is 22.9 Å². The first kappa shape index (κ1) is 22.9. The quantitative estimate of drug-likeness (QED) is 0.572. The zero-order chi connectivity index (χ0) is 22.6. The molecule has 3 saturated carbocycles. The fraction of sp³-hybridized carbons (Fsp3) is 0.815. The second-order valence-corrected chi connectivity index (χ2v) is 11.5. The van der Waals surface area contributed by atoms with E-state index in [2.05, 4.69) is 33.8 Å². The van der Waals surface area contributed by atoms with E-state index in [9.17, 15) is 9.90 Å². The van der Waals surface area contributed by atoms with Crippen LogP contribution in [0.5, 0.6) is 0 Å².